The summed E-state index contributed by atoms with van der Waals surface area (Å²) in [6.07, 6.45) is 44.3. The van der Waals surface area contributed by atoms with Crippen LogP contribution in [0.15, 0.2) is 0 Å². The van der Waals surface area contributed by atoms with E-state index in [4.69, 9.17) is 9.47 Å². The largest absolute Gasteiger partial charge is 0.450 e. The minimum absolute atomic E-state index is 0.166. The van der Waals surface area contributed by atoms with Gasteiger partial charge in [0.25, 0.3) is 0 Å². The average Bonchev–Trinajstić information content (AvgIpc) is 3.08. The number of unbranched alkanes of at least 4 members (excludes halogenated alkanes) is 26. The van der Waals surface area contributed by atoms with Crippen LogP contribution in [0.1, 0.15) is 253 Å². The fraction of sp³-hybridized carbons (Fsp3) is 0.978. The third-order valence-corrected chi connectivity index (χ3v) is 10.8. The summed E-state index contributed by atoms with van der Waals surface area (Å²) in [4.78, 5) is 12.6. The van der Waals surface area contributed by atoms with E-state index in [2.05, 4.69) is 46.9 Å². The molecule has 300 valence electrons. The van der Waals surface area contributed by atoms with Crippen LogP contribution in [0.3, 0.4) is 0 Å². The van der Waals surface area contributed by atoms with E-state index < -0.39 is 0 Å². The van der Waals surface area contributed by atoms with Crippen LogP contribution >= 0.6 is 0 Å². The molecule has 0 saturated heterocycles. The average molecular weight is 708 g/mol. The molecule has 0 atom stereocenters. The summed E-state index contributed by atoms with van der Waals surface area (Å²) in [5.74, 6) is 1.23. The molecule has 0 fully saturated rings. The van der Waals surface area contributed by atoms with Crippen molar-refractivity contribution in [2.24, 2.45) is 11.8 Å². The van der Waals surface area contributed by atoms with Gasteiger partial charge in [-0.05, 0) is 57.8 Å². The van der Waals surface area contributed by atoms with E-state index in [1.54, 1.807) is 0 Å². The molecule has 1 amide bonds. The van der Waals surface area contributed by atoms with E-state index in [1.165, 1.54) is 193 Å². The molecule has 0 aromatic rings. The molecule has 0 rings (SSSR count). The van der Waals surface area contributed by atoms with Gasteiger partial charge in [0.15, 0.2) is 0 Å². The van der Waals surface area contributed by atoms with Crippen LogP contribution in [-0.2, 0) is 9.47 Å². The van der Waals surface area contributed by atoms with Crippen LogP contribution in [0.25, 0.3) is 0 Å². The zero-order chi connectivity index (χ0) is 36.8. The summed E-state index contributed by atoms with van der Waals surface area (Å²) in [6, 6.07) is 0. The number of nitrogens with one attached hydrogen (secondary N) is 1. The molecule has 4 nitrogen and oxygen atoms in total. The van der Waals surface area contributed by atoms with Gasteiger partial charge in [-0.25, -0.2) is 4.79 Å². The van der Waals surface area contributed by atoms with Gasteiger partial charge >= 0.3 is 6.09 Å². The topological polar surface area (TPSA) is 47.6 Å². The Hall–Kier alpha value is -0.770. The fourth-order valence-corrected chi connectivity index (χ4v) is 7.19. The monoisotopic (exact) mass is 708 g/mol. The maximum Gasteiger partial charge on any atom is 0.407 e. The Labute approximate surface area is 315 Å². The van der Waals surface area contributed by atoms with Crippen molar-refractivity contribution in [1.82, 2.24) is 5.32 Å². The van der Waals surface area contributed by atoms with E-state index in [1.807, 2.05) is 0 Å². The summed E-state index contributed by atoms with van der Waals surface area (Å²) in [6.45, 7) is 15.4. The number of ether oxygens (including phenoxy) is 2. The van der Waals surface area contributed by atoms with Gasteiger partial charge in [-0.3, -0.25) is 0 Å². The van der Waals surface area contributed by atoms with Crippen LogP contribution in [0.4, 0.5) is 4.79 Å². The number of carbonyl (C=O) groups excluding carboxylic acids is 1. The van der Waals surface area contributed by atoms with Crippen molar-refractivity contribution in [3.63, 3.8) is 0 Å². The smallest absolute Gasteiger partial charge is 0.407 e. The molecule has 0 spiro atoms. The highest BCUT2D eigenvalue weighted by atomic mass is 16.5. The van der Waals surface area contributed by atoms with Crippen molar-refractivity contribution in [1.29, 1.82) is 0 Å². The van der Waals surface area contributed by atoms with Gasteiger partial charge in [0.05, 0.1) is 12.2 Å². The number of rotatable bonds is 40. The molecular weight excluding hydrogens is 615 g/mol. The molecular formula is C46H93NO3. The molecule has 0 aromatic carbocycles. The normalized spacial score (nSPS) is 12.0. The van der Waals surface area contributed by atoms with E-state index >= 15 is 0 Å². The lowest BCUT2D eigenvalue weighted by atomic mass is 9.94. The minimum atomic E-state index is -0.240. The second kappa shape index (κ2) is 38.0. The van der Waals surface area contributed by atoms with Crippen LogP contribution in [0.2, 0.25) is 0 Å². The summed E-state index contributed by atoms with van der Waals surface area (Å²) >= 11 is 0. The van der Waals surface area contributed by atoms with Crippen molar-refractivity contribution >= 4 is 6.09 Å². The van der Waals surface area contributed by atoms with E-state index in [-0.39, 0.29) is 11.7 Å². The first-order valence-corrected chi connectivity index (χ1v) is 22.8. The fourth-order valence-electron chi connectivity index (χ4n) is 7.19. The zero-order valence-corrected chi connectivity index (χ0v) is 35.3. The van der Waals surface area contributed by atoms with Crippen molar-refractivity contribution in [3.05, 3.63) is 0 Å². The Morgan fingerprint density at radius 3 is 1.22 bits per heavy atom. The first-order valence-electron chi connectivity index (χ1n) is 22.8. The number of hydrogen-bond acceptors (Lipinski definition) is 3. The molecule has 0 saturated carbocycles. The molecule has 1 N–H and O–H groups in total. The Morgan fingerprint density at radius 2 is 0.860 bits per heavy atom. The maximum atomic E-state index is 12.6. The highest BCUT2D eigenvalue weighted by Gasteiger charge is 2.18. The predicted octanol–water partition coefficient (Wildman–Crippen LogP) is 15.7. The first-order chi connectivity index (χ1) is 24.3. The summed E-state index contributed by atoms with van der Waals surface area (Å²) in [5.41, 5.74) is -0.166. The van der Waals surface area contributed by atoms with Gasteiger partial charge in [-0.2, -0.15) is 0 Å². The highest BCUT2D eigenvalue weighted by molar-refractivity contribution is 5.67. The van der Waals surface area contributed by atoms with Crippen LogP contribution in [0.5, 0.6) is 0 Å². The Kier molecular flexibility index (Phi) is 37.4. The number of carbonyl (C=O) groups is 1. The molecule has 0 heterocycles. The third kappa shape index (κ3) is 38.5. The van der Waals surface area contributed by atoms with Gasteiger partial charge in [0.1, 0.15) is 0 Å². The Balaban J connectivity index is 4.20. The number of amides is 1. The lowest BCUT2D eigenvalue weighted by Gasteiger charge is -2.25. The maximum absolute atomic E-state index is 12.6. The third-order valence-electron chi connectivity index (χ3n) is 10.8. The van der Waals surface area contributed by atoms with E-state index in [0.717, 1.165) is 32.4 Å². The lowest BCUT2D eigenvalue weighted by molar-refractivity contribution is -0.0315. The molecule has 0 aromatic heterocycles. The molecule has 50 heavy (non-hydrogen) atoms. The first kappa shape index (κ1) is 49.2. The van der Waals surface area contributed by atoms with Crippen LogP contribution in [-0.4, -0.2) is 31.5 Å². The summed E-state index contributed by atoms with van der Waals surface area (Å²) in [5, 5.41) is 3.13. The van der Waals surface area contributed by atoms with Crippen molar-refractivity contribution in [2.75, 3.05) is 19.8 Å². The van der Waals surface area contributed by atoms with Gasteiger partial charge in [0, 0.05) is 13.2 Å². The Bertz CT molecular complexity index is 646. The van der Waals surface area contributed by atoms with Crippen molar-refractivity contribution in [3.8, 4) is 0 Å². The SMILES string of the molecule is CCCCCCCCCCCCCCCCC(CCCCCCCCCCCCCCCC)CNC(=O)OCCCC(C)(C)OCCC(C)C. The second-order valence-electron chi connectivity index (χ2n) is 17.0. The molecule has 0 aliphatic heterocycles. The number of hydrogen-bond donors (Lipinski definition) is 1. The molecule has 0 aliphatic rings. The van der Waals surface area contributed by atoms with Gasteiger partial charge in [-0.15, -0.1) is 0 Å². The second-order valence-corrected chi connectivity index (χ2v) is 17.0. The van der Waals surface area contributed by atoms with E-state index in [9.17, 15) is 4.79 Å². The van der Waals surface area contributed by atoms with E-state index in [0.29, 0.717) is 18.4 Å². The molecule has 4 heteroatoms. The van der Waals surface area contributed by atoms with Crippen LogP contribution in [0, 0.1) is 11.8 Å². The van der Waals surface area contributed by atoms with Crippen molar-refractivity contribution < 1.29 is 14.3 Å². The molecule has 0 aliphatic carbocycles. The zero-order valence-electron chi connectivity index (χ0n) is 35.3. The summed E-state index contributed by atoms with van der Waals surface area (Å²) < 4.78 is 11.7. The highest BCUT2D eigenvalue weighted by Crippen LogP contribution is 2.21. The lowest BCUT2D eigenvalue weighted by Crippen LogP contribution is -2.31. The molecule has 0 bridgehead atoms. The van der Waals surface area contributed by atoms with Crippen molar-refractivity contribution in [2.45, 2.75) is 259 Å². The minimum Gasteiger partial charge on any atom is -0.450 e. The van der Waals surface area contributed by atoms with Gasteiger partial charge < -0.3 is 14.8 Å². The predicted molar refractivity (Wildman–Crippen MR) is 221 cm³/mol. The number of alkyl carbamates (subject to hydrolysis) is 1. The summed E-state index contributed by atoms with van der Waals surface area (Å²) in [7, 11) is 0. The quantitative estimate of drug-likeness (QED) is 0.0645. The van der Waals surface area contributed by atoms with Gasteiger partial charge in [0.2, 0.25) is 0 Å². The Morgan fingerprint density at radius 1 is 0.500 bits per heavy atom. The molecule has 0 radical (unpaired) electrons. The molecule has 0 unspecified atom stereocenters. The van der Waals surface area contributed by atoms with Gasteiger partial charge in [-0.1, -0.05) is 207 Å². The van der Waals surface area contributed by atoms with Crippen LogP contribution < -0.4 is 5.32 Å². The standard InChI is InChI=1S/C46H93NO3/c1-7-9-11-13-15-17-19-21-23-25-27-29-31-33-36-44(37-34-32-30-28-26-24-22-20-18-16-14-12-10-8-2)42-47-45(48)49-40-35-39-46(5,6)50-41-38-43(3)4/h43-44H,7-42H2,1-6H3,(H,47,48).